The molecule has 0 saturated carbocycles. The molecule has 0 radical (unpaired) electrons. The molecule has 2 aliphatic rings. The molecular weight excluding hydrogens is 206 g/mol. The molecule has 0 aromatic rings. The summed E-state index contributed by atoms with van der Waals surface area (Å²) >= 11 is 0. The number of amides is 1. The first-order valence-electron chi connectivity index (χ1n) is 6.17. The van der Waals surface area contributed by atoms with E-state index in [1.54, 1.807) is 0 Å². The summed E-state index contributed by atoms with van der Waals surface area (Å²) in [7, 11) is 0. The van der Waals surface area contributed by atoms with Gasteiger partial charge in [-0.25, -0.2) is 0 Å². The number of rotatable bonds is 1. The summed E-state index contributed by atoms with van der Waals surface area (Å²) in [6, 6.07) is 0. The fraction of sp³-hybridized carbons (Fsp3) is 0.917. The lowest BCUT2D eigenvalue weighted by Crippen LogP contribution is -2.38. The number of hydrogen-bond acceptors (Lipinski definition) is 3. The quantitative estimate of drug-likeness (QED) is 0.720. The summed E-state index contributed by atoms with van der Waals surface area (Å²) in [5, 5.41) is 9.96. The third-order valence-corrected chi connectivity index (χ3v) is 3.65. The van der Waals surface area contributed by atoms with Crippen molar-refractivity contribution >= 4 is 5.91 Å². The number of aliphatic hydroxyl groups is 1. The van der Waals surface area contributed by atoms with Crippen LogP contribution < -0.4 is 0 Å². The molecule has 4 nitrogen and oxygen atoms in total. The van der Waals surface area contributed by atoms with Crippen molar-refractivity contribution in [2.24, 2.45) is 5.92 Å². The summed E-state index contributed by atoms with van der Waals surface area (Å²) in [4.78, 5) is 14.0. The molecule has 2 aliphatic heterocycles. The van der Waals surface area contributed by atoms with E-state index in [1.807, 2.05) is 11.8 Å². The van der Waals surface area contributed by atoms with Gasteiger partial charge >= 0.3 is 0 Å². The Morgan fingerprint density at radius 3 is 2.94 bits per heavy atom. The summed E-state index contributed by atoms with van der Waals surface area (Å²) in [6.45, 7) is 4.61. The maximum Gasteiger partial charge on any atom is 0.228 e. The van der Waals surface area contributed by atoms with Gasteiger partial charge in [-0.1, -0.05) is 0 Å². The molecule has 92 valence electrons. The van der Waals surface area contributed by atoms with Crippen LogP contribution in [0.25, 0.3) is 0 Å². The van der Waals surface area contributed by atoms with Crippen LogP contribution in [0.3, 0.4) is 0 Å². The average molecular weight is 227 g/mol. The van der Waals surface area contributed by atoms with E-state index in [-0.39, 0.29) is 11.8 Å². The smallest absolute Gasteiger partial charge is 0.228 e. The molecule has 4 heteroatoms. The Hall–Kier alpha value is -0.610. The number of ether oxygens (including phenoxy) is 1. The van der Waals surface area contributed by atoms with Crippen LogP contribution in [0.4, 0.5) is 0 Å². The summed E-state index contributed by atoms with van der Waals surface area (Å²) in [5.74, 6) is 0.276. The normalized spacial score (nSPS) is 36.1. The lowest BCUT2D eigenvalue weighted by Gasteiger charge is -2.24. The van der Waals surface area contributed by atoms with E-state index < -0.39 is 5.60 Å². The van der Waals surface area contributed by atoms with Crippen LogP contribution in [0.1, 0.15) is 32.6 Å². The standard InChI is InChI=1S/C12H21NO3/c1-12(15)4-2-6-13(7-5-12)11(14)10-3-8-16-9-10/h10,15H,2-9H2,1H3. The summed E-state index contributed by atoms with van der Waals surface area (Å²) in [6.07, 6.45) is 3.22. The Labute approximate surface area is 96.6 Å². The van der Waals surface area contributed by atoms with Crippen LogP contribution in [0.5, 0.6) is 0 Å². The molecule has 0 bridgehead atoms. The molecule has 2 unspecified atom stereocenters. The van der Waals surface area contributed by atoms with Crippen molar-refractivity contribution in [3.05, 3.63) is 0 Å². The molecule has 2 saturated heterocycles. The zero-order valence-corrected chi connectivity index (χ0v) is 9.95. The van der Waals surface area contributed by atoms with Gasteiger partial charge in [-0.2, -0.15) is 0 Å². The van der Waals surface area contributed by atoms with Gasteiger partial charge in [-0.05, 0) is 32.6 Å². The number of carbonyl (C=O) groups is 1. The highest BCUT2D eigenvalue weighted by Crippen LogP contribution is 2.23. The Morgan fingerprint density at radius 1 is 1.44 bits per heavy atom. The minimum absolute atomic E-state index is 0.0584. The lowest BCUT2D eigenvalue weighted by molar-refractivity contribution is -0.135. The van der Waals surface area contributed by atoms with Crippen molar-refractivity contribution in [3.8, 4) is 0 Å². The Bertz CT molecular complexity index is 259. The van der Waals surface area contributed by atoms with E-state index >= 15 is 0 Å². The Morgan fingerprint density at radius 2 is 2.25 bits per heavy atom. The van der Waals surface area contributed by atoms with Gasteiger partial charge in [0, 0.05) is 19.7 Å². The van der Waals surface area contributed by atoms with Gasteiger partial charge in [0.25, 0.3) is 0 Å². The van der Waals surface area contributed by atoms with Crippen molar-refractivity contribution in [3.63, 3.8) is 0 Å². The molecule has 1 amide bonds. The second-order valence-corrected chi connectivity index (χ2v) is 5.24. The van der Waals surface area contributed by atoms with Crippen LogP contribution in [0.2, 0.25) is 0 Å². The van der Waals surface area contributed by atoms with Crippen LogP contribution >= 0.6 is 0 Å². The van der Waals surface area contributed by atoms with Crippen LogP contribution in [0.15, 0.2) is 0 Å². The molecule has 2 atom stereocenters. The van der Waals surface area contributed by atoms with E-state index in [4.69, 9.17) is 4.74 Å². The van der Waals surface area contributed by atoms with Crippen molar-refractivity contribution < 1.29 is 14.6 Å². The molecule has 0 aliphatic carbocycles. The van der Waals surface area contributed by atoms with Gasteiger partial charge in [-0.15, -0.1) is 0 Å². The van der Waals surface area contributed by atoms with Gasteiger partial charge < -0.3 is 14.7 Å². The molecule has 16 heavy (non-hydrogen) atoms. The molecule has 2 fully saturated rings. The van der Waals surface area contributed by atoms with Gasteiger partial charge in [-0.3, -0.25) is 4.79 Å². The lowest BCUT2D eigenvalue weighted by atomic mass is 9.98. The molecule has 2 heterocycles. The zero-order chi connectivity index (χ0) is 11.6. The van der Waals surface area contributed by atoms with Gasteiger partial charge in [0.05, 0.1) is 18.1 Å². The van der Waals surface area contributed by atoms with Crippen molar-refractivity contribution in [2.75, 3.05) is 26.3 Å². The number of hydrogen-bond donors (Lipinski definition) is 1. The summed E-state index contributed by atoms with van der Waals surface area (Å²) in [5.41, 5.74) is -0.596. The highest BCUT2D eigenvalue weighted by atomic mass is 16.5. The molecule has 0 aromatic carbocycles. The predicted octanol–water partition coefficient (Wildman–Crippen LogP) is 0.786. The largest absolute Gasteiger partial charge is 0.390 e. The van der Waals surface area contributed by atoms with E-state index in [1.165, 1.54) is 0 Å². The van der Waals surface area contributed by atoms with Crippen LogP contribution in [-0.2, 0) is 9.53 Å². The highest BCUT2D eigenvalue weighted by molar-refractivity contribution is 5.79. The first-order chi connectivity index (χ1) is 7.58. The van der Waals surface area contributed by atoms with Gasteiger partial charge in [0.2, 0.25) is 5.91 Å². The number of nitrogens with zero attached hydrogens (tertiary/aromatic N) is 1. The minimum Gasteiger partial charge on any atom is -0.390 e. The van der Waals surface area contributed by atoms with Gasteiger partial charge in [0.1, 0.15) is 0 Å². The number of likely N-dealkylation sites (tertiary alicyclic amines) is 1. The zero-order valence-electron chi connectivity index (χ0n) is 9.95. The second-order valence-electron chi connectivity index (χ2n) is 5.24. The monoisotopic (exact) mass is 227 g/mol. The minimum atomic E-state index is -0.596. The molecule has 2 rings (SSSR count). The molecule has 1 N–H and O–H groups in total. The van der Waals surface area contributed by atoms with E-state index in [0.29, 0.717) is 26.2 Å². The summed E-state index contributed by atoms with van der Waals surface area (Å²) < 4.78 is 5.24. The second kappa shape index (κ2) is 4.72. The van der Waals surface area contributed by atoms with E-state index in [2.05, 4.69) is 0 Å². The molecule has 0 aromatic heterocycles. The third kappa shape index (κ3) is 2.74. The molecule has 0 spiro atoms. The number of carbonyl (C=O) groups excluding carboxylic acids is 1. The maximum atomic E-state index is 12.1. The van der Waals surface area contributed by atoms with Crippen molar-refractivity contribution in [1.29, 1.82) is 0 Å². The third-order valence-electron chi connectivity index (χ3n) is 3.65. The topological polar surface area (TPSA) is 49.8 Å². The average Bonchev–Trinajstić information content (AvgIpc) is 2.69. The van der Waals surface area contributed by atoms with Crippen LogP contribution in [0, 0.1) is 5.92 Å². The van der Waals surface area contributed by atoms with E-state index in [0.717, 1.165) is 25.8 Å². The Kier molecular flexibility index (Phi) is 3.50. The first kappa shape index (κ1) is 11.9. The first-order valence-corrected chi connectivity index (χ1v) is 6.17. The highest BCUT2D eigenvalue weighted by Gasteiger charge is 2.31. The Balaban J connectivity index is 1.91. The van der Waals surface area contributed by atoms with E-state index in [9.17, 15) is 9.90 Å². The maximum absolute atomic E-state index is 12.1. The molecular formula is C12H21NO3. The predicted molar refractivity (Wildman–Crippen MR) is 60.0 cm³/mol. The van der Waals surface area contributed by atoms with Crippen molar-refractivity contribution in [1.82, 2.24) is 4.90 Å². The fourth-order valence-corrected chi connectivity index (χ4v) is 2.47. The van der Waals surface area contributed by atoms with Crippen molar-refractivity contribution in [2.45, 2.75) is 38.2 Å². The SMILES string of the molecule is CC1(O)CCCN(C(=O)C2CCOC2)CC1. The van der Waals surface area contributed by atoms with Crippen LogP contribution in [-0.4, -0.2) is 47.8 Å². The fourth-order valence-electron chi connectivity index (χ4n) is 2.47. The van der Waals surface area contributed by atoms with Gasteiger partial charge in [0.15, 0.2) is 0 Å².